The van der Waals surface area contributed by atoms with E-state index in [0.29, 0.717) is 6.04 Å². The van der Waals surface area contributed by atoms with E-state index in [1.165, 1.54) is 37.1 Å². The Morgan fingerprint density at radius 2 is 1.95 bits per heavy atom. The second-order valence-electron chi connectivity index (χ2n) is 6.17. The summed E-state index contributed by atoms with van der Waals surface area (Å²) in [6.07, 6.45) is 2.75. The predicted molar refractivity (Wildman–Crippen MR) is 82.3 cm³/mol. The summed E-state index contributed by atoms with van der Waals surface area (Å²) in [7, 11) is 0. The number of nitrogens with one attached hydrogen (secondary N) is 1. The van der Waals surface area contributed by atoms with Crippen molar-refractivity contribution in [2.45, 2.75) is 46.2 Å². The van der Waals surface area contributed by atoms with Crippen LogP contribution in [0.4, 0.5) is 0 Å². The number of rotatable bonds is 6. The maximum Gasteiger partial charge on any atom is 0.0243 e. The second-order valence-corrected chi connectivity index (χ2v) is 6.17. The normalized spacial score (nSPS) is 18.1. The molecule has 19 heavy (non-hydrogen) atoms. The Bertz CT molecular complexity index is 381. The molecule has 0 aliphatic carbocycles. The van der Waals surface area contributed by atoms with Crippen LogP contribution in [0.15, 0.2) is 24.3 Å². The van der Waals surface area contributed by atoms with Crippen LogP contribution in [0.5, 0.6) is 0 Å². The lowest BCUT2D eigenvalue weighted by atomic mass is 10.0. The monoisotopic (exact) mass is 260 g/mol. The van der Waals surface area contributed by atoms with Crippen LogP contribution < -0.4 is 5.32 Å². The molecule has 1 aromatic carbocycles. The Morgan fingerprint density at radius 1 is 1.21 bits per heavy atom. The molecule has 1 fully saturated rings. The van der Waals surface area contributed by atoms with Gasteiger partial charge in [-0.05, 0) is 44.3 Å². The van der Waals surface area contributed by atoms with Gasteiger partial charge in [0.1, 0.15) is 0 Å². The zero-order chi connectivity index (χ0) is 13.7. The van der Waals surface area contributed by atoms with Crippen LogP contribution in [0.1, 0.15) is 37.8 Å². The Morgan fingerprint density at radius 3 is 2.58 bits per heavy atom. The number of likely N-dealkylation sites (tertiary alicyclic amines) is 1. The highest BCUT2D eigenvalue weighted by Crippen LogP contribution is 2.17. The minimum absolute atomic E-state index is 0.687. The van der Waals surface area contributed by atoms with Crippen molar-refractivity contribution in [3.63, 3.8) is 0 Å². The van der Waals surface area contributed by atoms with Crippen LogP contribution in [-0.2, 0) is 6.54 Å². The first kappa shape index (κ1) is 14.5. The average Bonchev–Trinajstić information content (AvgIpc) is 2.88. The summed E-state index contributed by atoms with van der Waals surface area (Å²) in [6, 6.07) is 9.47. The highest BCUT2D eigenvalue weighted by molar-refractivity contribution is 5.21. The Balaban J connectivity index is 1.82. The topological polar surface area (TPSA) is 15.3 Å². The highest BCUT2D eigenvalue weighted by Gasteiger charge is 2.23. The molecule has 0 saturated carbocycles. The fourth-order valence-corrected chi connectivity index (χ4v) is 3.05. The molecule has 0 aromatic heterocycles. The Kier molecular flexibility index (Phi) is 5.41. The molecule has 106 valence electrons. The Labute approximate surface area is 118 Å². The fourth-order valence-electron chi connectivity index (χ4n) is 3.05. The smallest absolute Gasteiger partial charge is 0.0243 e. The third-order valence-electron chi connectivity index (χ3n) is 4.14. The zero-order valence-corrected chi connectivity index (χ0v) is 12.7. The van der Waals surface area contributed by atoms with E-state index >= 15 is 0 Å². The third kappa shape index (κ3) is 4.32. The maximum atomic E-state index is 3.65. The van der Waals surface area contributed by atoms with Crippen molar-refractivity contribution < 1.29 is 0 Å². The van der Waals surface area contributed by atoms with Crippen molar-refractivity contribution in [2.75, 3.05) is 19.6 Å². The third-order valence-corrected chi connectivity index (χ3v) is 4.14. The predicted octanol–water partition coefficient (Wildman–Crippen LogP) is 3.21. The van der Waals surface area contributed by atoms with Crippen molar-refractivity contribution >= 4 is 0 Å². The Hall–Kier alpha value is -0.860. The van der Waals surface area contributed by atoms with Gasteiger partial charge < -0.3 is 5.32 Å². The number of benzene rings is 1. The van der Waals surface area contributed by atoms with Crippen molar-refractivity contribution in [2.24, 2.45) is 5.92 Å². The van der Waals surface area contributed by atoms with Crippen LogP contribution in [0, 0.1) is 12.8 Å². The van der Waals surface area contributed by atoms with Gasteiger partial charge in [-0.2, -0.15) is 0 Å². The molecular weight excluding hydrogens is 232 g/mol. The first-order valence-electron chi connectivity index (χ1n) is 7.67. The molecule has 2 rings (SSSR count). The lowest BCUT2D eigenvalue weighted by Gasteiger charge is -2.31. The number of nitrogens with zero attached hydrogens (tertiary/aromatic N) is 1. The summed E-state index contributed by atoms with van der Waals surface area (Å²) in [5.41, 5.74) is 2.74. The summed E-state index contributed by atoms with van der Waals surface area (Å²) in [5.74, 6) is 0.725. The first-order valence-corrected chi connectivity index (χ1v) is 7.67. The fraction of sp³-hybridized carbons (Fsp3) is 0.647. The molecule has 1 N–H and O–H groups in total. The molecule has 0 amide bonds. The van der Waals surface area contributed by atoms with Crippen LogP contribution in [0.25, 0.3) is 0 Å². The van der Waals surface area contributed by atoms with Crippen molar-refractivity contribution in [1.29, 1.82) is 0 Å². The highest BCUT2D eigenvalue weighted by atomic mass is 15.2. The van der Waals surface area contributed by atoms with E-state index in [1.54, 1.807) is 0 Å². The molecule has 0 radical (unpaired) electrons. The largest absolute Gasteiger partial charge is 0.311 e. The van der Waals surface area contributed by atoms with Gasteiger partial charge in [0.05, 0.1) is 0 Å². The molecule has 1 aliphatic rings. The molecule has 1 atom stereocenters. The van der Waals surface area contributed by atoms with E-state index in [9.17, 15) is 0 Å². The van der Waals surface area contributed by atoms with Gasteiger partial charge in [0.2, 0.25) is 0 Å². The van der Waals surface area contributed by atoms with Gasteiger partial charge in [-0.3, -0.25) is 4.90 Å². The molecule has 0 bridgehead atoms. The van der Waals surface area contributed by atoms with Gasteiger partial charge in [-0.25, -0.2) is 0 Å². The molecule has 2 nitrogen and oxygen atoms in total. The molecule has 1 aliphatic heterocycles. The minimum atomic E-state index is 0.687. The van der Waals surface area contributed by atoms with E-state index in [2.05, 4.69) is 55.3 Å². The number of hydrogen-bond acceptors (Lipinski definition) is 2. The van der Waals surface area contributed by atoms with Gasteiger partial charge in [0.25, 0.3) is 0 Å². The van der Waals surface area contributed by atoms with Crippen molar-refractivity contribution in [3.8, 4) is 0 Å². The SMILES string of the molecule is Cc1cccc(CNCC(C(C)C)N2CCCC2)c1. The molecule has 1 aromatic rings. The van der Waals surface area contributed by atoms with Gasteiger partial charge >= 0.3 is 0 Å². The quantitative estimate of drug-likeness (QED) is 0.845. The summed E-state index contributed by atoms with van der Waals surface area (Å²) < 4.78 is 0. The van der Waals surface area contributed by atoms with E-state index in [-0.39, 0.29) is 0 Å². The maximum absolute atomic E-state index is 3.65. The molecule has 2 heteroatoms. The summed E-state index contributed by atoms with van der Waals surface area (Å²) in [4.78, 5) is 2.66. The van der Waals surface area contributed by atoms with Gasteiger partial charge in [-0.1, -0.05) is 43.7 Å². The van der Waals surface area contributed by atoms with E-state index in [0.717, 1.165) is 19.0 Å². The molecular formula is C17H28N2. The lowest BCUT2D eigenvalue weighted by molar-refractivity contribution is 0.186. The van der Waals surface area contributed by atoms with Crippen LogP contribution in [-0.4, -0.2) is 30.6 Å². The molecule has 0 spiro atoms. The van der Waals surface area contributed by atoms with Crippen LogP contribution in [0.2, 0.25) is 0 Å². The van der Waals surface area contributed by atoms with E-state index < -0.39 is 0 Å². The summed E-state index contributed by atoms with van der Waals surface area (Å²) >= 11 is 0. The molecule has 1 heterocycles. The standard InChI is InChI=1S/C17H28N2/c1-14(2)17(19-9-4-5-10-19)13-18-12-16-8-6-7-15(3)11-16/h6-8,11,14,17-18H,4-5,9-10,12-13H2,1-3H3. The summed E-state index contributed by atoms with van der Waals surface area (Å²) in [6.45, 7) is 11.5. The van der Waals surface area contributed by atoms with Crippen LogP contribution in [0.3, 0.4) is 0 Å². The van der Waals surface area contributed by atoms with Crippen LogP contribution >= 0.6 is 0 Å². The van der Waals surface area contributed by atoms with Crippen molar-refractivity contribution in [3.05, 3.63) is 35.4 Å². The van der Waals surface area contributed by atoms with E-state index in [1.807, 2.05) is 0 Å². The number of hydrogen-bond donors (Lipinski definition) is 1. The summed E-state index contributed by atoms with van der Waals surface area (Å²) in [5, 5.41) is 3.65. The number of aryl methyl sites for hydroxylation is 1. The average molecular weight is 260 g/mol. The minimum Gasteiger partial charge on any atom is -0.311 e. The molecule has 1 unspecified atom stereocenters. The van der Waals surface area contributed by atoms with Crippen molar-refractivity contribution in [1.82, 2.24) is 10.2 Å². The van der Waals surface area contributed by atoms with Gasteiger partial charge in [-0.15, -0.1) is 0 Å². The zero-order valence-electron chi connectivity index (χ0n) is 12.7. The second kappa shape index (κ2) is 7.06. The van der Waals surface area contributed by atoms with Gasteiger partial charge in [0.15, 0.2) is 0 Å². The molecule has 1 saturated heterocycles. The first-order chi connectivity index (χ1) is 9.16. The van der Waals surface area contributed by atoms with E-state index in [4.69, 9.17) is 0 Å². The lowest BCUT2D eigenvalue weighted by Crippen LogP contribution is -2.44. The van der Waals surface area contributed by atoms with Gasteiger partial charge in [0, 0.05) is 19.1 Å².